The van der Waals surface area contributed by atoms with E-state index in [4.69, 9.17) is 0 Å². The van der Waals surface area contributed by atoms with Crippen LogP contribution >= 0.6 is 15.9 Å². The first-order valence-corrected chi connectivity index (χ1v) is 8.12. The van der Waals surface area contributed by atoms with Crippen LogP contribution in [0.2, 0.25) is 0 Å². The number of rotatable bonds is 2. The lowest BCUT2D eigenvalue weighted by Crippen LogP contribution is -2.21. The van der Waals surface area contributed by atoms with Gasteiger partial charge in [0.15, 0.2) is 9.84 Å². The Hall–Kier alpha value is -1.47. The number of hydrogen-bond donors (Lipinski definition) is 1. The van der Waals surface area contributed by atoms with Crippen molar-refractivity contribution in [3.05, 3.63) is 40.5 Å². The molecule has 0 aromatic carbocycles. The van der Waals surface area contributed by atoms with Crippen LogP contribution in [0.1, 0.15) is 0 Å². The number of nitrogens with zero attached hydrogens (tertiary/aromatic N) is 2. The minimum atomic E-state index is -3.06. The van der Waals surface area contributed by atoms with Gasteiger partial charge in [0.05, 0.1) is 23.0 Å². The second-order valence-corrected chi connectivity index (χ2v) is 7.14. The zero-order valence-corrected chi connectivity index (χ0v) is 12.1. The maximum absolute atomic E-state index is 11.4. The standard InChI is InChI=1S/C12H10BrN3O2S/c13-8-5-11-12(15-6-8)10(1-3-14-11)16-9-2-4-19(17,18)7-9/h1-6,9H,7H2,(H,14,16). The molecule has 3 rings (SSSR count). The highest BCUT2D eigenvalue weighted by molar-refractivity contribution is 9.10. The first-order valence-electron chi connectivity index (χ1n) is 5.61. The number of anilines is 1. The van der Waals surface area contributed by atoms with Gasteiger partial charge in [0.1, 0.15) is 5.52 Å². The molecule has 0 saturated carbocycles. The van der Waals surface area contributed by atoms with Crippen LogP contribution in [0.15, 0.2) is 40.5 Å². The molecule has 19 heavy (non-hydrogen) atoms. The third-order valence-electron chi connectivity index (χ3n) is 2.82. The molecule has 0 saturated heterocycles. The van der Waals surface area contributed by atoms with E-state index in [0.717, 1.165) is 21.2 Å². The molecule has 1 aliphatic heterocycles. The van der Waals surface area contributed by atoms with Gasteiger partial charge >= 0.3 is 0 Å². The summed E-state index contributed by atoms with van der Waals surface area (Å²) < 4.78 is 23.6. The lowest BCUT2D eigenvalue weighted by Gasteiger charge is -2.12. The van der Waals surface area contributed by atoms with Crippen LogP contribution < -0.4 is 5.32 Å². The second kappa shape index (κ2) is 4.57. The Morgan fingerprint density at radius 1 is 1.37 bits per heavy atom. The first-order chi connectivity index (χ1) is 9.03. The number of hydrogen-bond acceptors (Lipinski definition) is 5. The van der Waals surface area contributed by atoms with Gasteiger partial charge in [-0.05, 0) is 28.1 Å². The van der Waals surface area contributed by atoms with Gasteiger partial charge in [-0.15, -0.1) is 0 Å². The molecule has 1 unspecified atom stereocenters. The average Bonchev–Trinajstić information content (AvgIpc) is 2.68. The second-order valence-electron chi connectivity index (χ2n) is 4.29. The number of fused-ring (bicyclic) bond motifs is 1. The Kier molecular flexibility index (Phi) is 3.02. The van der Waals surface area contributed by atoms with Crippen LogP contribution in [0.25, 0.3) is 11.0 Å². The predicted molar refractivity (Wildman–Crippen MR) is 77.6 cm³/mol. The van der Waals surface area contributed by atoms with Gasteiger partial charge in [-0.1, -0.05) is 6.08 Å². The molecule has 0 aliphatic carbocycles. The first kappa shape index (κ1) is 12.6. The highest BCUT2D eigenvalue weighted by Crippen LogP contribution is 2.24. The van der Waals surface area contributed by atoms with Gasteiger partial charge < -0.3 is 5.32 Å². The van der Waals surface area contributed by atoms with Crippen LogP contribution in [-0.4, -0.2) is 30.2 Å². The molecule has 98 valence electrons. The maximum atomic E-state index is 11.4. The van der Waals surface area contributed by atoms with E-state index in [1.54, 1.807) is 24.5 Å². The molecule has 5 nitrogen and oxygen atoms in total. The topological polar surface area (TPSA) is 72.0 Å². The van der Waals surface area contributed by atoms with Gasteiger partial charge in [0.2, 0.25) is 0 Å². The summed E-state index contributed by atoms with van der Waals surface area (Å²) in [4.78, 5) is 8.55. The monoisotopic (exact) mass is 339 g/mol. The van der Waals surface area contributed by atoms with E-state index in [1.807, 2.05) is 6.07 Å². The zero-order chi connectivity index (χ0) is 13.5. The maximum Gasteiger partial charge on any atom is 0.173 e. The van der Waals surface area contributed by atoms with E-state index in [9.17, 15) is 8.42 Å². The fourth-order valence-corrected chi connectivity index (χ4v) is 3.54. The third kappa shape index (κ3) is 2.62. The number of pyridine rings is 2. The van der Waals surface area contributed by atoms with E-state index >= 15 is 0 Å². The lowest BCUT2D eigenvalue weighted by atomic mass is 10.2. The Labute approximate surface area is 118 Å². The quantitative estimate of drug-likeness (QED) is 0.907. The molecule has 0 bridgehead atoms. The van der Waals surface area contributed by atoms with E-state index in [2.05, 4.69) is 31.2 Å². The molecule has 1 aliphatic rings. The van der Waals surface area contributed by atoms with E-state index < -0.39 is 9.84 Å². The normalized spacial score (nSPS) is 20.8. The zero-order valence-electron chi connectivity index (χ0n) is 9.75. The van der Waals surface area contributed by atoms with Gasteiger partial charge in [0.25, 0.3) is 0 Å². The van der Waals surface area contributed by atoms with Crippen molar-refractivity contribution in [1.29, 1.82) is 0 Å². The molecule has 1 atom stereocenters. The van der Waals surface area contributed by atoms with E-state index in [-0.39, 0.29) is 11.8 Å². The van der Waals surface area contributed by atoms with Crippen molar-refractivity contribution in [2.24, 2.45) is 0 Å². The summed E-state index contributed by atoms with van der Waals surface area (Å²) in [5.74, 6) is 0.0767. The summed E-state index contributed by atoms with van der Waals surface area (Å²) in [6, 6.07) is 3.44. The third-order valence-corrected chi connectivity index (χ3v) is 4.64. The van der Waals surface area contributed by atoms with Gasteiger partial charge in [-0.2, -0.15) is 0 Å². The minimum absolute atomic E-state index is 0.0767. The molecule has 0 amide bonds. The summed E-state index contributed by atoms with van der Waals surface area (Å²) in [6.07, 6.45) is 5.02. The molecule has 7 heteroatoms. The molecular formula is C12H10BrN3O2S. The van der Waals surface area contributed by atoms with Crippen molar-refractivity contribution >= 4 is 42.5 Å². The van der Waals surface area contributed by atoms with Crippen molar-refractivity contribution in [2.75, 3.05) is 11.1 Å². The fourth-order valence-electron chi connectivity index (χ4n) is 1.99. The molecule has 3 heterocycles. The predicted octanol–water partition coefficient (Wildman–Crippen LogP) is 2.11. The molecule has 0 fully saturated rings. The molecular weight excluding hydrogens is 330 g/mol. The number of aromatic nitrogens is 2. The number of nitrogens with one attached hydrogen (secondary N) is 1. The molecule has 2 aromatic heterocycles. The average molecular weight is 340 g/mol. The van der Waals surface area contributed by atoms with Crippen LogP contribution in [-0.2, 0) is 9.84 Å². The summed E-state index contributed by atoms with van der Waals surface area (Å²) in [6.45, 7) is 0. The van der Waals surface area contributed by atoms with Crippen molar-refractivity contribution < 1.29 is 8.42 Å². The van der Waals surface area contributed by atoms with Crippen LogP contribution in [0.5, 0.6) is 0 Å². The molecule has 2 aromatic rings. The van der Waals surface area contributed by atoms with Crippen molar-refractivity contribution in [2.45, 2.75) is 6.04 Å². The van der Waals surface area contributed by atoms with Crippen LogP contribution in [0.3, 0.4) is 0 Å². The smallest absolute Gasteiger partial charge is 0.173 e. The van der Waals surface area contributed by atoms with Crippen molar-refractivity contribution in [1.82, 2.24) is 9.97 Å². The Balaban J connectivity index is 1.96. The summed E-state index contributed by atoms with van der Waals surface area (Å²) >= 11 is 3.35. The van der Waals surface area contributed by atoms with E-state index in [0.29, 0.717) is 0 Å². The van der Waals surface area contributed by atoms with Gasteiger partial charge in [0, 0.05) is 22.3 Å². The molecule has 0 spiro atoms. The Morgan fingerprint density at radius 2 is 2.21 bits per heavy atom. The lowest BCUT2D eigenvalue weighted by molar-refractivity contribution is 0.605. The minimum Gasteiger partial charge on any atom is -0.376 e. The summed E-state index contributed by atoms with van der Waals surface area (Å²) in [7, 11) is -3.06. The van der Waals surface area contributed by atoms with Crippen LogP contribution in [0.4, 0.5) is 5.69 Å². The van der Waals surface area contributed by atoms with Crippen LogP contribution in [0, 0.1) is 0 Å². The highest BCUT2D eigenvalue weighted by atomic mass is 79.9. The number of sulfone groups is 1. The Morgan fingerprint density at radius 3 is 2.95 bits per heavy atom. The van der Waals surface area contributed by atoms with E-state index in [1.165, 1.54) is 5.41 Å². The van der Waals surface area contributed by atoms with Gasteiger partial charge in [-0.3, -0.25) is 9.97 Å². The Bertz CT molecular complexity index is 774. The fraction of sp³-hybridized carbons (Fsp3) is 0.167. The highest BCUT2D eigenvalue weighted by Gasteiger charge is 2.22. The van der Waals surface area contributed by atoms with Crippen molar-refractivity contribution in [3.63, 3.8) is 0 Å². The molecule has 0 radical (unpaired) electrons. The largest absolute Gasteiger partial charge is 0.376 e. The summed E-state index contributed by atoms with van der Waals surface area (Å²) in [5.41, 5.74) is 2.26. The van der Waals surface area contributed by atoms with Gasteiger partial charge in [-0.25, -0.2) is 8.42 Å². The number of halogens is 1. The summed E-state index contributed by atoms with van der Waals surface area (Å²) in [5, 5.41) is 4.42. The molecule has 1 N–H and O–H groups in total. The SMILES string of the molecule is O=S1(=O)C=CC(Nc2ccnc3cc(Br)cnc23)C1. The van der Waals surface area contributed by atoms with Crippen molar-refractivity contribution in [3.8, 4) is 0 Å².